The fourth-order valence-electron chi connectivity index (χ4n) is 2.61. The lowest BCUT2D eigenvalue weighted by Crippen LogP contribution is -2.41. The lowest BCUT2D eigenvalue weighted by Gasteiger charge is -2.18. The number of rotatable bonds is 6. The SMILES string of the molecule is CC(OC(=O)c1ccc(CSc2ccc(Cl)cc2)cc1)C(=O)N1CCNC1=O. The number of urea groups is 1. The Labute approximate surface area is 172 Å². The first kappa shape index (κ1) is 20.2. The maximum absolute atomic E-state index is 12.3. The third-order valence-electron chi connectivity index (χ3n) is 4.16. The maximum atomic E-state index is 12.3. The van der Waals surface area contributed by atoms with Crippen LogP contribution in [0.25, 0.3) is 0 Å². The predicted molar refractivity (Wildman–Crippen MR) is 107 cm³/mol. The number of imide groups is 1. The molecule has 6 nitrogen and oxygen atoms in total. The van der Waals surface area contributed by atoms with Crippen molar-refractivity contribution < 1.29 is 19.1 Å². The molecule has 0 aliphatic carbocycles. The first-order chi connectivity index (χ1) is 13.4. The number of ether oxygens (including phenoxy) is 1. The summed E-state index contributed by atoms with van der Waals surface area (Å²) in [4.78, 5) is 38.2. The van der Waals surface area contributed by atoms with Crippen LogP contribution in [0.4, 0.5) is 4.79 Å². The molecular formula is C20H19ClN2O4S. The van der Waals surface area contributed by atoms with Crippen molar-refractivity contribution in [3.63, 3.8) is 0 Å². The summed E-state index contributed by atoms with van der Waals surface area (Å²) in [6, 6.07) is 14.2. The number of nitrogens with one attached hydrogen (secondary N) is 1. The second-order valence-electron chi connectivity index (χ2n) is 6.21. The molecule has 1 N–H and O–H groups in total. The molecular weight excluding hydrogens is 400 g/mol. The monoisotopic (exact) mass is 418 g/mol. The van der Waals surface area contributed by atoms with Gasteiger partial charge in [0.15, 0.2) is 6.10 Å². The molecule has 2 aromatic carbocycles. The van der Waals surface area contributed by atoms with Gasteiger partial charge in [-0.3, -0.25) is 9.69 Å². The molecule has 2 aromatic rings. The minimum Gasteiger partial charge on any atom is -0.449 e. The van der Waals surface area contributed by atoms with Gasteiger partial charge < -0.3 is 10.1 Å². The van der Waals surface area contributed by atoms with Gasteiger partial charge in [-0.15, -0.1) is 11.8 Å². The lowest BCUT2D eigenvalue weighted by molar-refractivity contribution is -0.136. The first-order valence-corrected chi connectivity index (χ1v) is 10.1. The molecule has 0 bridgehead atoms. The van der Waals surface area contributed by atoms with Crippen molar-refractivity contribution in [2.45, 2.75) is 23.7 Å². The highest BCUT2D eigenvalue weighted by Gasteiger charge is 2.31. The van der Waals surface area contributed by atoms with Crippen LogP contribution in [0.5, 0.6) is 0 Å². The van der Waals surface area contributed by atoms with Gasteiger partial charge in [0.05, 0.1) is 5.56 Å². The topological polar surface area (TPSA) is 75.7 Å². The molecule has 0 aromatic heterocycles. The van der Waals surface area contributed by atoms with Gasteiger partial charge in [-0.1, -0.05) is 23.7 Å². The molecule has 0 spiro atoms. The zero-order valence-corrected chi connectivity index (χ0v) is 16.8. The largest absolute Gasteiger partial charge is 0.449 e. The number of halogens is 1. The third kappa shape index (κ3) is 5.05. The second-order valence-corrected chi connectivity index (χ2v) is 7.69. The number of amides is 3. The van der Waals surface area contributed by atoms with Gasteiger partial charge in [-0.2, -0.15) is 0 Å². The molecule has 28 heavy (non-hydrogen) atoms. The summed E-state index contributed by atoms with van der Waals surface area (Å²) < 4.78 is 5.21. The van der Waals surface area contributed by atoms with E-state index in [1.165, 1.54) is 6.92 Å². The molecule has 1 aliphatic rings. The van der Waals surface area contributed by atoms with Crippen LogP contribution in [0.2, 0.25) is 5.02 Å². The lowest BCUT2D eigenvalue weighted by atomic mass is 10.1. The summed E-state index contributed by atoms with van der Waals surface area (Å²) in [5, 5.41) is 3.24. The van der Waals surface area contributed by atoms with Crippen LogP contribution in [0.1, 0.15) is 22.8 Å². The van der Waals surface area contributed by atoms with Crippen molar-refractivity contribution in [3.8, 4) is 0 Å². The second kappa shape index (κ2) is 9.12. The number of carbonyl (C=O) groups is 3. The van der Waals surface area contributed by atoms with Gasteiger partial charge in [0.1, 0.15) is 0 Å². The van der Waals surface area contributed by atoms with E-state index >= 15 is 0 Å². The van der Waals surface area contributed by atoms with Gasteiger partial charge in [0.25, 0.3) is 5.91 Å². The predicted octanol–water partition coefficient (Wildman–Crippen LogP) is 3.73. The third-order valence-corrected chi connectivity index (χ3v) is 5.50. The number of hydrogen-bond donors (Lipinski definition) is 1. The molecule has 0 radical (unpaired) electrons. The molecule has 3 amide bonds. The first-order valence-electron chi connectivity index (χ1n) is 8.71. The van der Waals surface area contributed by atoms with Gasteiger partial charge in [0.2, 0.25) is 0 Å². The molecule has 1 saturated heterocycles. The molecule has 1 fully saturated rings. The zero-order valence-electron chi connectivity index (χ0n) is 15.2. The molecule has 0 saturated carbocycles. The van der Waals surface area contributed by atoms with Crippen molar-refractivity contribution in [1.29, 1.82) is 0 Å². The quantitative estimate of drug-likeness (QED) is 0.571. The van der Waals surface area contributed by atoms with Crippen LogP contribution in [0.3, 0.4) is 0 Å². The summed E-state index contributed by atoms with van der Waals surface area (Å²) in [6.07, 6.45) is -1.03. The van der Waals surface area contributed by atoms with E-state index in [0.717, 1.165) is 21.1 Å². The van der Waals surface area contributed by atoms with Crippen LogP contribution in [0.15, 0.2) is 53.4 Å². The van der Waals surface area contributed by atoms with Gasteiger partial charge in [-0.05, 0) is 48.9 Å². The maximum Gasteiger partial charge on any atom is 0.338 e. The van der Waals surface area contributed by atoms with Crippen LogP contribution in [-0.2, 0) is 15.3 Å². The van der Waals surface area contributed by atoms with E-state index in [1.807, 2.05) is 36.4 Å². The molecule has 3 rings (SSSR count). The summed E-state index contributed by atoms with van der Waals surface area (Å²) >= 11 is 7.54. The zero-order chi connectivity index (χ0) is 20.1. The van der Waals surface area contributed by atoms with E-state index < -0.39 is 24.0 Å². The standard InChI is InChI=1S/C20H19ClN2O4S/c1-13(18(24)23-11-10-22-20(23)26)27-19(25)15-4-2-14(3-5-15)12-28-17-8-6-16(21)7-9-17/h2-9,13H,10-12H2,1H3,(H,22,26). The van der Waals surface area contributed by atoms with Crippen LogP contribution >= 0.6 is 23.4 Å². The van der Waals surface area contributed by atoms with E-state index in [1.54, 1.807) is 23.9 Å². The van der Waals surface area contributed by atoms with E-state index in [-0.39, 0.29) is 6.54 Å². The van der Waals surface area contributed by atoms with Crippen LogP contribution in [0, 0.1) is 0 Å². The summed E-state index contributed by atoms with van der Waals surface area (Å²) in [5.74, 6) is -0.382. The highest BCUT2D eigenvalue weighted by molar-refractivity contribution is 7.98. The van der Waals surface area contributed by atoms with Gasteiger partial charge in [0, 0.05) is 28.8 Å². The smallest absolute Gasteiger partial charge is 0.338 e. The Kier molecular flexibility index (Phi) is 6.59. The van der Waals surface area contributed by atoms with Crippen molar-refractivity contribution in [3.05, 3.63) is 64.7 Å². The van der Waals surface area contributed by atoms with Crippen LogP contribution in [-0.4, -0.2) is 42.0 Å². The number of carbonyl (C=O) groups excluding carboxylic acids is 3. The normalized spacial score (nSPS) is 14.5. The summed E-state index contributed by atoms with van der Waals surface area (Å²) in [5.41, 5.74) is 1.40. The Morgan fingerprint density at radius 1 is 1.18 bits per heavy atom. The van der Waals surface area contributed by atoms with E-state index in [4.69, 9.17) is 16.3 Å². The Balaban J connectivity index is 1.53. The van der Waals surface area contributed by atoms with Crippen molar-refractivity contribution in [1.82, 2.24) is 10.2 Å². The van der Waals surface area contributed by atoms with Gasteiger partial charge >= 0.3 is 12.0 Å². The van der Waals surface area contributed by atoms with Crippen molar-refractivity contribution >= 4 is 41.3 Å². The molecule has 1 atom stereocenters. The number of benzene rings is 2. The average Bonchev–Trinajstić information content (AvgIpc) is 3.13. The minimum absolute atomic E-state index is 0.277. The van der Waals surface area contributed by atoms with Crippen molar-refractivity contribution in [2.75, 3.05) is 13.1 Å². The van der Waals surface area contributed by atoms with Gasteiger partial charge in [-0.25, -0.2) is 9.59 Å². The molecule has 1 aliphatic heterocycles. The number of thioether (sulfide) groups is 1. The Morgan fingerprint density at radius 2 is 1.86 bits per heavy atom. The Bertz CT molecular complexity index is 871. The number of hydrogen-bond acceptors (Lipinski definition) is 5. The highest BCUT2D eigenvalue weighted by Crippen LogP contribution is 2.24. The van der Waals surface area contributed by atoms with Crippen LogP contribution < -0.4 is 5.32 Å². The van der Waals surface area contributed by atoms with E-state index in [9.17, 15) is 14.4 Å². The van der Waals surface area contributed by atoms with E-state index in [0.29, 0.717) is 17.1 Å². The fraction of sp³-hybridized carbons (Fsp3) is 0.250. The fourth-order valence-corrected chi connectivity index (χ4v) is 3.60. The van der Waals surface area contributed by atoms with Crippen molar-refractivity contribution in [2.24, 2.45) is 0 Å². The Hall–Kier alpha value is -2.51. The summed E-state index contributed by atoms with van der Waals surface area (Å²) in [7, 11) is 0. The van der Waals surface area contributed by atoms with E-state index in [2.05, 4.69) is 5.32 Å². The number of esters is 1. The number of nitrogens with zero attached hydrogens (tertiary/aromatic N) is 1. The molecule has 146 valence electrons. The molecule has 8 heteroatoms. The minimum atomic E-state index is -1.03. The summed E-state index contributed by atoms with van der Waals surface area (Å²) in [6.45, 7) is 2.14. The molecule has 1 heterocycles. The Morgan fingerprint density at radius 3 is 2.46 bits per heavy atom. The highest BCUT2D eigenvalue weighted by atomic mass is 35.5. The molecule has 1 unspecified atom stereocenters. The average molecular weight is 419 g/mol.